The average molecular weight is 226 g/mol. The Labute approximate surface area is 95.8 Å². The predicted octanol–water partition coefficient (Wildman–Crippen LogP) is 2.58. The standard InChI is InChI=1S/C12H16ClNO/c1-10-3-5-11(6-4-10)9-14(2)12(15)7-8-13/h3-6H,7-9H2,1-2H3. The lowest BCUT2D eigenvalue weighted by molar-refractivity contribution is -0.129. The first-order valence-corrected chi connectivity index (χ1v) is 5.52. The van der Waals surface area contributed by atoms with Gasteiger partial charge in [0.1, 0.15) is 0 Å². The summed E-state index contributed by atoms with van der Waals surface area (Å²) >= 11 is 5.52. The largest absolute Gasteiger partial charge is 0.341 e. The smallest absolute Gasteiger partial charge is 0.223 e. The molecule has 0 aromatic heterocycles. The molecule has 0 N–H and O–H groups in total. The van der Waals surface area contributed by atoms with Gasteiger partial charge in [0.15, 0.2) is 0 Å². The molecular formula is C12H16ClNO. The first-order chi connectivity index (χ1) is 7.13. The summed E-state index contributed by atoms with van der Waals surface area (Å²) in [4.78, 5) is 13.2. The van der Waals surface area contributed by atoms with Gasteiger partial charge in [-0.05, 0) is 12.5 Å². The molecule has 0 radical (unpaired) electrons. The quantitative estimate of drug-likeness (QED) is 0.722. The second kappa shape index (κ2) is 5.76. The molecule has 82 valence electrons. The van der Waals surface area contributed by atoms with Crippen LogP contribution in [0.25, 0.3) is 0 Å². The van der Waals surface area contributed by atoms with E-state index in [1.165, 1.54) is 5.56 Å². The first kappa shape index (κ1) is 12.1. The van der Waals surface area contributed by atoms with E-state index in [0.717, 1.165) is 5.56 Å². The van der Waals surface area contributed by atoms with Gasteiger partial charge < -0.3 is 4.90 Å². The minimum atomic E-state index is 0.0885. The lowest BCUT2D eigenvalue weighted by atomic mass is 10.1. The number of carbonyl (C=O) groups excluding carboxylic acids is 1. The number of alkyl halides is 1. The maximum absolute atomic E-state index is 11.5. The number of benzene rings is 1. The second-order valence-electron chi connectivity index (χ2n) is 3.67. The zero-order chi connectivity index (χ0) is 11.3. The van der Waals surface area contributed by atoms with Gasteiger partial charge in [-0.1, -0.05) is 29.8 Å². The SMILES string of the molecule is Cc1ccc(CN(C)C(=O)CCCl)cc1. The van der Waals surface area contributed by atoms with Gasteiger partial charge in [-0.2, -0.15) is 0 Å². The molecule has 1 rings (SSSR count). The van der Waals surface area contributed by atoms with Crippen LogP contribution in [0.2, 0.25) is 0 Å². The first-order valence-electron chi connectivity index (χ1n) is 4.99. The van der Waals surface area contributed by atoms with Crippen molar-refractivity contribution < 1.29 is 4.79 Å². The maximum atomic E-state index is 11.5. The molecule has 0 saturated carbocycles. The van der Waals surface area contributed by atoms with Gasteiger partial charge in [0.2, 0.25) is 5.91 Å². The highest BCUT2D eigenvalue weighted by Crippen LogP contribution is 2.06. The third-order valence-corrected chi connectivity index (χ3v) is 2.46. The van der Waals surface area contributed by atoms with E-state index in [2.05, 4.69) is 12.1 Å². The molecule has 1 aromatic rings. The highest BCUT2D eigenvalue weighted by atomic mass is 35.5. The van der Waals surface area contributed by atoms with Crippen LogP contribution in [0.5, 0.6) is 0 Å². The topological polar surface area (TPSA) is 20.3 Å². The van der Waals surface area contributed by atoms with Crippen LogP contribution in [0, 0.1) is 6.92 Å². The monoisotopic (exact) mass is 225 g/mol. The molecule has 0 bridgehead atoms. The fourth-order valence-electron chi connectivity index (χ4n) is 1.33. The number of hydrogen-bond acceptors (Lipinski definition) is 1. The fraction of sp³-hybridized carbons (Fsp3) is 0.417. The summed E-state index contributed by atoms with van der Waals surface area (Å²) in [6.45, 7) is 2.70. The molecule has 0 fully saturated rings. The minimum absolute atomic E-state index is 0.0885. The van der Waals surface area contributed by atoms with Crippen molar-refractivity contribution in [2.75, 3.05) is 12.9 Å². The number of nitrogens with zero attached hydrogens (tertiary/aromatic N) is 1. The zero-order valence-corrected chi connectivity index (χ0v) is 9.92. The van der Waals surface area contributed by atoms with Crippen molar-refractivity contribution in [3.63, 3.8) is 0 Å². The Kier molecular flexibility index (Phi) is 4.63. The fourth-order valence-corrected chi connectivity index (χ4v) is 1.49. The third kappa shape index (κ3) is 3.92. The number of halogens is 1. The lowest BCUT2D eigenvalue weighted by Crippen LogP contribution is -2.26. The molecular weight excluding hydrogens is 210 g/mol. The Bertz CT molecular complexity index is 321. The summed E-state index contributed by atoms with van der Waals surface area (Å²) in [5.74, 6) is 0.474. The van der Waals surface area contributed by atoms with E-state index in [1.54, 1.807) is 11.9 Å². The van der Waals surface area contributed by atoms with Crippen molar-refractivity contribution in [3.05, 3.63) is 35.4 Å². The summed E-state index contributed by atoms with van der Waals surface area (Å²) in [6.07, 6.45) is 0.407. The average Bonchev–Trinajstić information content (AvgIpc) is 2.22. The number of rotatable bonds is 4. The molecule has 2 nitrogen and oxygen atoms in total. The molecule has 0 unspecified atom stereocenters. The Balaban J connectivity index is 2.54. The van der Waals surface area contributed by atoms with Gasteiger partial charge in [0, 0.05) is 25.9 Å². The van der Waals surface area contributed by atoms with Crippen molar-refractivity contribution in [1.82, 2.24) is 4.90 Å². The number of carbonyl (C=O) groups is 1. The molecule has 0 aliphatic rings. The van der Waals surface area contributed by atoms with Gasteiger partial charge in [-0.15, -0.1) is 11.6 Å². The van der Waals surface area contributed by atoms with Gasteiger partial charge in [-0.25, -0.2) is 0 Å². The van der Waals surface area contributed by atoms with Crippen LogP contribution >= 0.6 is 11.6 Å². The van der Waals surface area contributed by atoms with Crippen molar-refractivity contribution in [1.29, 1.82) is 0 Å². The van der Waals surface area contributed by atoms with E-state index < -0.39 is 0 Å². The van der Waals surface area contributed by atoms with Crippen LogP contribution in [0.1, 0.15) is 17.5 Å². The summed E-state index contributed by atoms with van der Waals surface area (Å²) in [5.41, 5.74) is 2.37. The van der Waals surface area contributed by atoms with E-state index in [0.29, 0.717) is 18.8 Å². The van der Waals surface area contributed by atoms with E-state index in [4.69, 9.17) is 11.6 Å². The van der Waals surface area contributed by atoms with E-state index in [9.17, 15) is 4.79 Å². The molecule has 1 amide bonds. The molecule has 0 aliphatic carbocycles. The molecule has 0 spiro atoms. The van der Waals surface area contributed by atoms with Crippen molar-refractivity contribution in [3.8, 4) is 0 Å². The summed E-state index contributed by atoms with van der Waals surface area (Å²) in [6, 6.07) is 8.18. The minimum Gasteiger partial charge on any atom is -0.341 e. The van der Waals surface area contributed by atoms with Crippen LogP contribution in [-0.4, -0.2) is 23.7 Å². The summed E-state index contributed by atoms with van der Waals surface area (Å²) in [5, 5.41) is 0. The van der Waals surface area contributed by atoms with Gasteiger partial charge in [0.05, 0.1) is 0 Å². The molecule has 15 heavy (non-hydrogen) atoms. The molecule has 0 heterocycles. The normalized spacial score (nSPS) is 10.1. The van der Waals surface area contributed by atoms with Gasteiger partial charge in [-0.3, -0.25) is 4.79 Å². The Morgan fingerprint density at radius 2 is 1.93 bits per heavy atom. The van der Waals surface area contributed by atoms with Crippen LogP contribution in [0.15, 0.2) is 24.3 Å². The van der Waals surface area contributed by atoms with Crippen molar-refractivity contribution >= 4 is 17.5 Å². The van der Waals surface area contributed by atoms with Crippen LogP contribution in [0.3, 0.4) is 0 Å². The van der Waals surface area contributed by atoms with Crippen LogP contribution < -0.4 is 0 Å². The highest BCUT2D eigenvalue weighted by molar-refractivity contribution is 6.18. The molecule has 3 heteroatoms. The third-order valence-electron chi connectivity index (χ3n) is 2.27. The van der Waals surface area contributed by atoms with Crippen LogP contribution in [-0.2, 0) is 11.3 Å². The van der Waals surface area contributed by atoms with Crippen LogP contribution in [0.4, 0.5) is 0 Å². The lowest BCUT2D eigenvalue weighted by Gasteiger charge is -2.16. The number of aryl methyl sites for hydroxylation is 1. The van der Waals surface area contributed by atoms with E-state index >= 15 is 0 Å². The second-order valence-corrected chi connectivity index (χ2v) is 4.05. The summed E-state index contributed by atoms with van der Waals surface area (Å²) < 4.78 is 0. The Morgan fingerprint density at radius 3 is 2.47 bits per heavy atom. The Morgan fingerprint density at radius 1 is 1.33 bits per heavy atom. The van der Waals surface area contributed by atoms with Gasteiger partial charge >= 0.3 is 0 Å². The Hall–Kier alpha value is -1.02. The van der Waals surface area contributed by atoms with Gasteiger partial charge in [0.25, 0.3) is 0 Å². The number of hydrogen-bond donors (Lipinski definition) is 0. The van der Waals surface area contributed by atoms with E-state index in [-0.39, 0.29) is 5.91 Å². The number of amides is 1. The molecule has 0 atom stereocenters. The highest BCUT2D eigenvalue weighted by Gasteiger charge is 2.07. The summed E-state index contributed by atoms with van der Waals surface area (Å²) in [7, 11) is 1.80. The molecule has 0 saturated heterocycles. The maximum Gasteiger partial charge on any atom is 0.223 e. The van der Waals surface area contributed by atoms with E-state index in [1.807, 2.05) is 19.1 Å². The van der Waals surface area contributed by atoms with Crippen molar-refractivity contribution in [2.45, 2.75) is 19.9 Å². The molecule has 1 aromatic carbocycles. The molecule has 0 aliphatic heterocycles. The van der Waals surface area contributed by atoms with Crippen molar-refractivity contribution in [2.24, 2.45) is 0 Å². The predicted molar refractivity (Wildman–Crippen MR) is 63.0 cm³/mol. The zero-order valence-electron chi connectivity index (χ0n) is 9.16.